The fourth-order valence-electron chi connectivity index (χ4n) is 8.23. The Kier molecular flexibility index (Phi) is 6.76. The molecule has 3 heteroatoms. The second-order valence-corrected chi connectivity index (χ2v) is 14.9. The van der Waals surface area contributed by atoms with E-state index in [1.54, 1.807) is 0 Å². The normalized spacial score (nSPS) is 11.8. The monoisotopic (exact) mass is 692 g/mol. The van der Waals surface area contributed by atoms with Crippen molar-refractivity contribution in [2.24, 2.45) is 0 Å². The minimum atomic E-state index is 1.12. The Hall–Kier alpha value is -6.68. The molecular formula is C50H32N2S. The number of aromatic nitrogens is 1. The molecule has 0 saturated carbocycles. The van der Waals surface area contributed by atoms with Gasteiger partial charge in [0.25, 0.3) is 0 Å². The third-order valence-electron chi connectivity index (χ3n) is 10.7. The molecule has 0 aliphatic rings. The molecule has 53 heavy (non-hydrogen) atoms. The molecule has 11 rings (SSSR count). The molecular weight excluding hydrogens is 661 g/mol. The number of anilines is 3. The van der Waals surface area contributed by atoms with Gasteiger partial charge in [-0.1, -0.05) is 121 Å². The summed E-state index contributed by atoms with van der Waals surface area (Å²) in [6, 6.07) is 71.0. The average molecular weight is 693 g/mol. The van der Waals surface area contributed by atoms with Gasteiger partial charge in [-0.05, 0) is 100 Å². The van der Waals surface area contributed by atoms with Crippen molar-refractivity contribution in [1.29, 1.82) is 0 Å². The average Bonchev–Trinajstić information content (AvgIpc) is 3.76. The van der Waals surface area contributed by atoms with E-state index in [2.05, 4.69) is 204 Å². The van der Waals surface area contributed by atoms with Crippen molar-refractivity contribution in [2.75, 3.05) is 4.90 Å². The first kappa shape index (κ1) is 30.0. The molecule has 0 bridgehead atoms. The van der Waals surface area contributed by atoms with Crippen LogP contribution in [0.4, 0.5) is 17.1 Å². The molecule has 0 N–H and O–H groups in total. The van der Waals surface area contributed by atoms with Gasteiger partial charge >= 0.3 is 0 Å². The van der Waals surface area contributed by atoms with Crippen LogP contribution < -0.4 is 4.90 Å². The molecule has 0 amide bonds. The first-order chi connectivity index (χ1) is 26.3. The summed E-state index contributed by atoms with van der Waals surface area (Å²) in [6.45, 7) is 0. The van der Waals surface area contributed by atoms with Crippen molar-refractivity contribution in [3.63, 3.8) is 0 Å². The number of hydrogen-bond acceptors (Lipinski definition) is 2. The van der Waals surface area contributed by atoms with Crippen molar-refractivity contribution < 1.29 is 0 Å². The highest BCUT2D eigenvalue weighted by atomic mass is 32.1. The smallest absolute Gasteiger partial charge is 0.0541 e. The standard InChI is InChI=1S/C50H32N2S/c1-2-12-36-30-39(26-22-33(36)10-1)51(40-27-29-50-45(32-40)43-16-6-8-19-49(43)53-50)38-24-20-34(21-25-38)37-23-28-48-44(31-37)42-15-5-7-17-47(42)52(48)46-18-9-13-35-11-3-4-14-41(35)46/h1-32H. The van der Waals surface area contributed by atoms with Crippen molar-refractivity contribution >= 4 is 91.9 Å². The summed E-state index contributed by atoms with van der Waals surface area (Å²) in [5.41, 5.74) is 9.42. The van der Waals surface area contributed by atoms with E-state index in [0.717, 1.165) is 17.1 Å². The molecule has 0 spiro atoms. The number of hydrogen-bond donors (Lipinski definition) is 0. The van der Waals surface area contributed by atoms with Crippen molar-refractivity contribution in [3.05, 3.63) is 194 Å². The zero-order valence-electron chi connectivity index (χ0n) is 28.8. The highest BCUT2D eigenvalue weighted by Crippen LogP contribution is 2.42. The zero-order valence-corrected chi connectivity index (χ0v) is 29.6. The second-order valence-electron chi connectivity index (χ2n) is 13.8. The van der Waals surface area contributed by atoms with Crippen molar-refractivity contribution in [1.82, 2.24) is 4.57 Å². The van der Waals surface area contributed by atoms with E-state index in [1.165, 1.54) is 80.3 Å². The van der Waals surface area contributed by atoms with Crippen LogP contribution in [0.1, 0.15) is 0 Å². The molecule has 248 valence electrons. The van der Waals surface area contributed by atoms with E-state index in [9.17, 15) is 0 Å². The van der Waals surface area contributed by atoms with Crippen LogP contribution in [-0.2, 0) is 0 Å². The van der Waals surface area contributed by atoms with E-state index >= 15 is 0 Å². The maximum Gasteiger partial charge on any atom is 0.0541 e. The Morgan fingerprint density at radius 2 is 0.962 bits per heavy atom. The zero-order chi connectivity index (χ0) is 34.9. The lowest BCUT2D eigenvalue weighted by atomic mass is 10.0. The Bertz CT molecular complexity index is 3180. The predicted molar refractivity (Wildman–Crippen MR) is 229 cm³/mol. The van der Waals surface area contributed by atoms with Gasteiger partial charge < -0.3 is 9.47 Å². The summed E-state index contributed by atoms with van der Waals surface area (Å²) < 4.78 is 5.05. The highest BCUT2D eigenvalue weighted by molar-refractivity contribution is 7.25. The molecule has 0 radical (unpaired) electrons. The van der Waals surface area contributed by atoms with Gasteiger partial charge in [-0.15, -0.1) is 11.3 Å². The first-order valence-corrected chi connectivity index (χ1v) is 18.9. The quantitative estimate of drug-likeness (QED) is 0.174. The Morgan fingerprint density at radius 1 is 0.340 bits per heavy atom. The predicted octanol–water partition coefficient (Wildman–Crippen LogP) is 14.6. The van der Waals surface area contributed by atoms with Crippen LogP contribution in [0.3, 0.4) is 0 Å². The van der Waals surface area contributed by atoms with Crippen LogP contribution in [0, 0.1) is 0 Å². The van der Waals surface area contributed by atoms with Crippen molar-refractivity contribution in [3.8, 4) is 16.8 Å². The van der Waals surface area contributed by atoms with E-state index in [-0.39, 0.29) is 0 Å². The van der Waals surface area contributed by atoms with Gasteiger partial charge in [-0.3, -0.25) is 0 Å². The summed E-state index contributed by atoms with van der Waals surface area (Å²) in [4.78, 5) is 2.39. The molecule has 9 aromatic carbocycles. The Morgan fingerprint density at radius 3 is 1.85 bits per heavy atom. The highest BCUT2D eigenvalue weighted by Gasteiger charge is 2.18. The van der Waals surface area contributed by atoms with Gasteiger partial charge in [-0.2, -0.15) is 0 Å². The third kappa shape index (κ3) is 4.86. The van der Waals surface area contributed by atoms with E-state index in [4.69, 9.17) is 0 Å². The molecule has 2 nitrogen and oxygen atoms in total. The number of fused-ring (bicyclic) bond motifs is 8. The summed E-state index contributed by atoms with van der Waals surface area (Å²) in [6.07, 6.45) is 0. The molecule has 0 aliphatic heterocycles. The van der Waals surface area contributed by atoms with Gasteiger partial charge in [0, 0.05) is 53.4 Å². The molecule has 0 unspecified atom stereocenters. The number of thiophene rings is 1. The number of para-hydroxylation sites is 1. The molecule has 0 fully saturated rings. The van der Waals surface area contributed by atoms with E-state index < -0.39 is 0 Å². The molecule has 0 aliphatic carbocycles. The van der Waals surface area contributed by atoms with Crippen LogP contribution in [0.2, 0.25) is 0 Å². The molecule has 2 heterocycles. The lowest BCUT2D eigenvalue weighted by Crippen LogP contribution is -2.09. The van der Waals surface area contributed by atoms with Crippen LogP contribution >= 0.6 is 11.3 Å². The number of rotatable bonds is 5. The topological polar surface area (TPSA) is 8.17 Å². The third-order valence-corrected chi connectivity index (χ3v) is 11.9. The van der Waals surface area contributed by atoms with Crippen LogP contribution in [-0.4, -0.2) is 4.57 Å². The minimum absolute atomic E-state index is 1.12. The lowest BCUT2D eigenvalue weighted by molar-refractivity contribution is 1.20. The number of benzene rings is 9. The van der Waals surface area contributed by atoms with Gasteiger partial charge in [0.2, 0.25) is 0 Å². The van der Waals surface area contributed by atoms with Gasteiger partial charge in [0.1, 0.15) is 0 Å². The van der Waals surface area contributed by atoms with Gasteiger partial charge in [0.05, 0.1) is 16.7 Å². The fourth-order valence-corrected chi connectivity index (χ4v) is 9.32. The molecule has 0 atom stereocenters. The lowest BCUT2D eigenvalue weighted by Gasteiger charge is -2.26. The SMILES string of the molecule is c1ccc2cc(N(c3ccc(-c4ccc5c(c4)c4ccccc4n5-c4cccc5ccccc45)cc3)c3ccc4sc5ccccc5c4c3)ccc2c1. The minimum Gasteiger partial charge on any atom is -0.310 e. The van der Waals surface area contributed by atoms with Gasteiger partial charge in [0.15, 0.2) is 0 Å². The van der Waals surface area contributed by atoms with Crippen molar-refractivity contribution in [2.45, 2.75) is 0 Å². The summed E-state index contributed by atoms with van der Waals surface area (Å²) in [5.74, 6) is 0. The van der Waals surface area contributed by atoms with E-state index in [0.29, 0.717) is 0 Å². The summed E-state index contributed by atoms with van der Waals surface area (Å²) in [7, 11) is 0. The van der Waals surface area contributed by atoms with Crippen LogP contribution in [0.15, 0.2) is 194 Å². The van der Waals surface area contributed by atoms with Crippen LogP contribution in [0.5, 0.6) is 0 Å². The molecule has 2 aromatic heterocycles. The summed E-state index contributed by atoms with van der Waals surface area (Å²) in [5, 5.41) is 10.1. The molecule has 0 saturated heterocycles. The maximum absolute atomic E-state index is 2.43. The summed E-state index contributed by atoms with van der Waals surface area (Å²) >= 11 is 1.86. The Labute approximate surface area is 311 Å². The fraction of sp³-hybridized carbons (Fsp3) is 0. The second kappa shape index (κ2) is 11.9. The van der Waals surface area contributed by atoms with Gasteiger partial charge in [-0.25, -0.2) is 0 Å². The van der Waals surface area contributed by atoms with E-state index in [1.807, 2.05) is 11.3 Å². The Balaban J connectivity index is 1.04. The maximum atomic E-state index is 2.43. The number of nitrogens with zero attached hydrogens (tertiary/aromatic N) is 2. The largest absolute Gasteiger partial charge is 0.310 e. The van der Waals surface area contributed by atoms with Crippen LogP contribution in [0.25, 0.3) is 80.3 Å². The molecule has 11 aromatic rings. The first-order valence-electron chi connectivity index (χ1n) is 18.1.